The molecule has 0 spiro atoms. The second-order valence-electron chi connectivity index (χ2n) is 6.40. The van der Waals surface area contributed by atoms with E-state index < -0.39 is 0 Å². The predicted octanol–water partition coefficient (Wildman–Crippen LogP) is 0.00840. The summed E-state index contributed by atoms with van der Waals surface area (Å²) >= 11 is 0. The third-order valence-corrected chi connectivity index (χ3v) is 4.41. The zero-order valence-corrected chi connectivity index (χ0v) is 14.1. The second kappa shape index (κ2) is 8.10. The van der Waals surface area contributed by atoms with Crippen LogP contribution in [0.3, 0.4) is 0 Å². The lowest BCUT2D eigenvalue weighted by atomic mass is 9.95. The van der Waals surface area contributed by atoms with Crippen molar-refractivity contribution in [3.63, 3.8) is 0 Å². The fourth-order valence-electron chi connectivity index (χ4n) is 3.10. The molecule has 1 saturated heterocycles. The largest absolute Gasteiger partial charge is 0.369 e. The molecule has 1 aromatic heterocycles. The van der Waals surface area contributed by atoms with E-state index in [4.69, 9.17) is 5.73 Å². The Morgan fingerprint density at radius 1 is 1.39 bits per heavy atom. The maximum atomic E-state index is 12.5. The second-order valence-corrected chi connectivity index (χ2v) is 6.40. The highest BCUT2D eigenvalue weighted by Gasteiger charge is 2.27. The van der Waals surface area contributed by atoms with E-state index in [2.05, 4.69) is 5.10 Å². The molecule has 2 rings (SSSR count). The van der Waals surface area contributed by atoms with Gasteiger partial charge < -0.3 is 10.6 Å². The van der Waals surface area contributed by atoms with Crippen molar-refractivity contribution in [3.05, 3.63) is 18.0 Å². The van der Waals surface area contributed by atoms with Crippen LogP contribution in [0, 0.1) is 5.92 Å². The molecule has 128 valence electrons. The molecule has 1 aliphatic heterocycles. The zero-order chi connectivity index (χ0) is 16.8. The number of carbonyl (C=O) groups is 2. The highest BCUT2D eigenvalue weighted by atomic mass is 16.2. The van der Waals surface area contributed by atoms with Gasteiger partial charge in [-0.3, -0.25) is 19.2 Å². The van der Waals surface area contributed by atoms with Crippen molar-refractivity contribution in [2.24, 2.45) is 18.7 Å². The Hall–Kier alpha value is -1.89. The number of amides is 2. The Labute approximate surface area is 137 Å². The van der Waals surface area contributed by atoms with E-state index in [1.165, 1.54) is 5.56 Å². The topological polar surface area (TPSA) is 84.5 Å². The summed E-state index contributed by atoms with van der Waals surface area (Å²) in [5, 5.41) is 4.15. The van der Waals surface area contributed by atoms with Crippen LogP contribution in [-0.4, -0.2) is 64.6 Å². The van der Waals surface area contributed by atoms with Gasteiger partial charge in [-0.2, -0.15) is 5.10 Å². The van der Waals surface area contributed by atoms with Crippen LogP contribution in [0.5, 0.6) is 0 Å². The molecule has 1 fully saturated rings. The van der Waals surface area contributed by atoms with Crippen molar-refractivity contribution in [1.82, 2.24) is 19.6 Å². The molecule has 0 atom stereocenters. The standard InChI is InChI=1S/C16H27N5O2/c1-19(7-3-4-13-10-18-20(2)11-13)16(23)14-5-8-21(9-6-14)12-15(17)22/h10-11,14H,3-9,12H2,1-2H3,(H2,17,22). The monoisotopic (exact) mass is 321 g/mol. The summed E-state index contributed by atoms with van der Waals surface area (Å²) < 4.78 is 1.80. The molecule has 0 bridgehead atoms. The average Bonchev–Trinajstić information content (AvgIpc) is 2.92. The number of hydrogen-bond acceptors (Lipinski definition) is 4. The summed E-state index contributed by atoms with van der Waals surface area (Å²) in [6.45, 7) is 2.59. The molecule has 7 nitrogen and oxygen atoms in total. The molecule has 2 heterocycles. The van der Waals surface area contributed by atoms with Crippen molar-refractivity contribution in [2.45, 2.75) is 25.7 Å². The summed E-state index contributed by atoms with van der Waals surface area (Å²) in [7, 11) is 3.78. The molecule has 0 aliphatic carbocycles. The minimum atomic E-state index is -0.303. The van der Waals surface area contributed by atoms with Gasteiger partial charge in [0.2, 0.25) is 11.8 Å². The number of hydrogen-bond donors (Lipinski definition) is 1. The lowest BCUT2D eigenvalue weighted by molar-refractivity contribution is -0.135. The van der Waals surface area contributed by atoms with Gasteiger partial charge in [0, 0.05) is 32.8 Å². The first-order valence-electron chi connectivity index (χ1n) is 8.19. The minimum Gasteiger partial charge on any atom is -0.369 e. The molecule has 2 N–H and O–H groups in total. The molecule has 0 saturated carbocycles. The Balaban J connectivity index is 1.69. The van der Waals surface area contributed by atoms with Crippen LogP contribution >= 0.6 is 0 Å². The molecular formula is C16H27N5O2. The first-order chi connectivity index (χ1) is 11.0. The molecule has 1 aromatic rings. The van der Waals surface area contributed by atoms with E-state index in [0.717, 1.165) is 45.3 Å². The third kappa shape index (κ3) is 5.35. The van der Waals surface area contributed by atoms with E-state index in [-0.39, 0.29) is 17.7 Å². The lowest BCUT2D eigenvalue weighted by Crippen LogP contribution is -2.44. The van der Waals surface area contributed by atoms with E-state index in [1.807, 2.05) is 36.3 Å². The van der Waals surface area contributed by atoms with Crippen molar-refractivity contribution < 1.29 is 9.59 Å². The maximum absolute atomic E-state index is 12.5. The number of likely N-dealkylation sites (tertiary alicyclic amines) is 1. The number of primary amides is 1. The van der Waals surface area contributed by atoms with Crippen LogP contribution in [0.15, 0.2) is 12.4 Å². The summed E-state index contributed by atoms with van der Waals surface area (Å²) in [4.78, 5) is 27.3. The number of nitrogens with two attached hydrogens (primary N) is 1. The molecule has 7 heteroatoms. The van der Waals surface area contributed by atoms with Crippen molar-refractivity contribution in [1.29, 1.82) is 0 Å². The summed E-state index contributed by atoms with van der Waals surface area (Å²) in [5.74, 6) is -0.0141. The highest BCUT2D eigenvalue weighted by molar-refractivity contribution is 5.79. The van der Waals surface area contributed by atoms with E-state index >= 15 is 0 Å². The van der Waals surface area contributed by atoms with E-state index in [1.54, 1.807) is 4.68 Å². The van der Waals surface area contributed by atoms with Gasteiger partial charge in [-0.25, -0.2) is 0 Å². The zero-order valence-electron chi connectivity index (χ0n) is 14.1. The predicted molar refractivity (Wildman–Crippen MR) is 87.5 cm³/mol. The average molecular weight is 321 g/mol. The van der Waals surface area contributed by atoms with Gasteiger partial charge in [0.15, 0.2) is 0 Å². The fourth-order valence-corrected chi connectivity index (χ4v) is 3.10. The van der Waals surface area contributed by atoms with Crippen LogP contribution in [0.25, 0.3) is 0 Å². The van der Waals surface area contributed by atoms with Crippen LogP contribution in [0.2, 0.25) is 0 Å². The van der Waals surface area contributed by atoms with Gasteiger partial charge in [-0.05, 0) is 44.3 Å². The number of nitrogens with zero attached hydrogens (tertiary/aromatic N) is 4. The Morgan fingerprint density at radius 2 is 2.09 bits per heavy atom. The van der Waals surface area contributed by atoms with Crippen molar-refractivity contribution >= 4 is 11.8 Å². The molecule has 0 unspecified atom stereocenters. The van der Waals surface area contributed by atoms with Crippen LogP contribution in [0.1, 0.15) is 24.8 Å². The normalized spacial score (nSPS) is 16.4. The number of piperidine rings is 1. The smallest absolute Gasteiger partial charge is 0.231 e. The van der Waals surface area contributed by atoms with Gasteiger partial charge in [-0.15, -0.1) is 0 Å². The SMILES string of the molecule is CN(CCCc1cnn(C)c1)C(=O)C1CCN(CC(N)=O)CC1. The van der Waals surface area contributed by atoms with Crippen molar-refractivity contribution in [2.75, 3.05) is 33.2 Å². The van der Waals surface area contributed by atoms with Crippen LogP contribution in [-0.2, 0) is 23.1 Å². The quantitative estimate of drug-likeness (QED) is 0.766. The molecule has 2 amide bonds. The molecular weight excluding hydrogens is 294 g/mol. The summed E-state index contributed by atoms with van der Waals surface area (Å²) in [6.07, 6.45) is 7.36. The number of carbonyl (C=O) groups excluding carboxylic acids is 2. The van der Waals surface area contributed by atoms with Crippen molar-refractivity contribution in [3.8, 4) is 0 Å². The highest BCUT2D eigenvalue weighted by Crippen LogP contribution is 2.19. The summed E-state index contributed by atoms with van der Waals surface area (Å²) in [6, 6.07) is 0. The molecule has 0 radical (unpaired) electrons. The molecule has 1 aliphatic rings. The molecule has 0 aromatic carbocycles. The fraction of sp³-hybridized carbons (Fsp3) is 0.688. The Morgan fingerprint density at radius 3 is 2.65 bits per heavy atom. The third-order valence-electron chi connectivity index (χ3n) is 4.41. The van der Waals surface area contributed by atoms with Gasteiger partial charge in [-0.1, -0.05) is 0 Å². The number of aromatic nitrogens is 2. The lowest BCUT2D eigenvalue weighted by Gasteiger charge is -2.32. The first-order valence-corrected chi connectivity index (χ1v) is 8.19. The minimum absolute atomic E-state index is 0.0718. The van der Waals surface area contributed by atoms with E-state index in [0.29, 0.717) is 6.54 Å². The number of aryl methyl sites for hydroxylation is 2. The van der Waals surface area contributed by atoms with Gasteiger partial charge in [0.1, 0.15) is 0 Å². The Bertz CT molecular complexity index is 534. The van der Waals surface area contributed by atoms with Crippen LogP contribution in [0.4, 0.5) is 0 Å². The van der Waals surface area contributed by atoms with Gasteiger partial charge in [0.25, 0.3) is 0 Å². The first kappa shape index (κ1) is 17.5. The van der Waals surface area contributed by atoms with Crippen LogP contribution < -0.4 is 5.73 Å². The number of rotatable bonds is 7. The van der Waals surface area contributed by atoms with Gasteiger partial charge >= 0.3 is 0 Å². The Kier molecular flexibility index (Phi) is 6.15. The summed E-state index contributed by atoms with van der Waals surface area (Å²) in [5.41, 5.74) is 6.41. The maximum Gasteiger partial charge on any atom is 0.231 e. The molecule has 23 heavy (non-hydrogen) atoms. The van der Waals surface area contributed by atoms with Gasteiger partial charge in [0.05, 0.1) is 12.7 Å². The van der Waals surface area contributed by atoms with E-state index in [9.17, 15) is 9.59 Å².